The first-order valence-corrected chi connectivity index (χ1v) is 9.64. The highest BCUT2D eigenvalue weighted by Crippen LogP contribution is 2.29. The number of nitrogens with zero attached hydrogens (tertiary/aromatic N) is 6. The number of carbonyl (C=O) groups is 1. The largest absolute Gasteiger partial charge is 0.451 e. The zero-order chi connectivity index (χ0) is 22.0. The Morgan fingerprint density at radius 2 is 2.10 bits per heavy atom. The molecule has 0 aliphatic carbocycles. The molecule has 1 atom stereocenters. The number of nitrogens with one attached hydrogen (secondary N) is 2. The van der Waals surface area contributed by atoms with E-state index in [2.05, 4.69) is 30.8 Å². The number of hydrogen-bond acceptors (Lipinski definition) is 9. The fraction of sp³-hybridized carbons (Fsp3) is 0.588. The van der Waals surface area contributed by atoms with Crippen molar-refractivity contribution in [1.82, 2.24) is 34.9 Å². The summed E-state index contributed by atoms with van der Waals surface area (Å²) in [6.07, 6.45) is -4.21. The van der Waals surface area contributed by atoms with Gasteiger partial charge in [-0.2, -0.15) is 13.2 Å². The van der Waals surface area contributed by atoms with Crippen molar-refractivity contribution in [3.63, 3.8) is 0 Å². The van der Waals surface area contributed by atoms with E-state index in [1.54, 1.807) is 4.90 Å². The van der Waals surface area contributed by atoms with Crippen LogP contribution in [0.2, 0.25) is 0 Å². The summed E-state index contributed by atoms with van der Waals surface area (Å²) < 4.78 is 44.8. The van der Waals surface area contributed by atoms with E-state index in [4.69, 9.17) is 4.74 Å². The van der Waals surface area contributed by atoms with Gasteiger partial charge >= 0.3 is 6.18 Å². The molecule has 0 radical (unpaired) electrons. The van der Waals surface area contributed by atoms with Crippen LogP contribution in [-0.4, -0.2) is 85.6 Å². The molecular formula is C17H21F3N8O3. The zero-order valence-corrected chi connectivity index (χ0v) is 16.3. The maximum atomic E-state index is 12.9. The van der Waals surface area contributed by atoms with Crippen molar-refractivity contribution in [2.24, 2.45) is 0 Å². The van der Waals surface area contributed by atoms with E-state index in [0.717, 1.165) is 4.57 Å². The molecule has 0 spiro atoms. The van der Waals surface area contributed by atoms with Gasteiger partial charge < -0.3 is 25.0 Å². The highest BCUT2D eigenvalue weighted by molar-refractivity contribution is 5.92. The Hall–Kier alpha value is -2.84. The fourth-order valence-corrected chi connectivity index (χ4v) is 3.33. The zero-order valence-electron chi connectivity index (χ0n) is 16.3. The van der Waals surface area contributed by atoms with Crippen molar-refractivity contribution in [1.29, 1.82) is 0 Å². The lowest BCUT2D eigenvalue weighted by Crippen LogP contribution is -2.43. The van der Waals surface area contributed by atoms with Gasteiger partial charge in [-0.15, -0.1) is 10.2 Å². The second-order valence-corrected chi connectivity index (χ2v) is 7.36. The fourth-order valence-electron chi connectivity index (χ4n) is 3.33. The second-order valence-electron chi connectivity index (χ2n) is 7.36. The van der Waals surface area contributed by atoms with Crippen LogP contribution in [0.15, 0.2) is 12.4 Å². The van der Waals surface area contributed by atoms with E-state index >= 15 is 0 Å². The summed E-state index contributed by atoms with van der Waals surface area (Å²) in [5.74, 6) is -0.793. The van der Waals surface area contributed by atoms with Crippen LogP contribution in [0, 0.1) is 0 Å². The quantitative estimate of drug-likeness (QED) is 0.520. The molecule has 0 unspecified atom stereocenters. The maximum absolute atomic E-state index is 12.9. The summed E-state index contributed by atoms with van der Waals surface area (Å²) in [5, 5.41) is 22.8. The third-order valence-corrected chi connectivity index (χ3v) is 4.94. The minimum Gasteiger partial charge on any atom is -0.390 e. The molecule has 4 rings (SSSR count). The number of anilines is 1. The summed E-state index contributed by atoms with van der Waals surface area (Å²) in [5.41, 5.74) is 0.149. The van der Waals surface area contributed by atoms with Gasteiger partial charge in [0.25, 0.3) is 5.91 Å². The minimum atomic E-state index is -4.56. The highest BCUT2D eigenvalue weighted by atomic mass is 19.4. The first-order valence-electron chi connectivity index (χ1n) is 9.64. The lowest BCUT2D eigenvalue weighted by molar-refractivity contribution is -0.148. The van der Waals surface area contributed by atoms with Crippen molar-refractivity contribution in [2.75, 3.05) is 38.2 Å². The lowest BCUT2D eigenvalue weighted by atomic mass is 10.2. The third-order valence-electron chi connectivity index (χ3n) is 4.94. The number of aromatic nitrogens is 5. The van der Waals surface area contributed by atoms with Gasteiger partial charge in [-0.25, -0.2) is 9.97 Å². The van der Waals surface area contributed by atoms with Crippen molar-refractivity contribution in [3.8, 4) is 0 Å². The monoisotopic (exact) mass is 442 g/mol. The van der Waals surface area contributed by atoms with E-state index in [-0.39, 0.29) is 43.7 Å². The molecule has 168 valence electrons. The Kier molecular flexibility index (Phi) is 6.02. The lowest BCUT2D eigenvalue weighted by Gasteiger charge is -2.29. The molecule has 31 heavy (non-hydrogen) atoms. The van der Waals surface area contributed by atoms with E-state index in [9.17, 15) is 23.1 Å². The number of aliphatic hydroxyl groups is 1. The number of hydrogen-bond donors (Lipinski definition) is 3. The Balaban J connectivity index is 1.26. The Labute approximate surface area is 174 Å². The molecule has 1 amide bonds. The molecule has 3 N–H and O–H groups in total. The van der Waals surface area contributed by atoms with Gasteiger partial charge in [0.1, 0.15) is 23.7 Å². The summed E-state index contributed by atoms with van der Waals surface area (Å²) in [7, 11) is 0. The van der Waals surface area contributed by atoms with Crippen molar-refractivity contribution < 1.29 is 27.8 Å². The number of carbonyl (C=O) groups excluding carboxylic acids is 1. The van der Waals surface area contributed by atoms with Crippen molar-refractivity contribution in [3.05, 3.63) is 29.7 Å². The Morgan fingerprint density at radius 3 is 2.81 bits per heavy atom. The number of aliphatic hydroxyl groups excluding tert-OH is 1. The van der Waals surface area contributed by atoms with Crippen LogP contribution in [0.25, 0.3) is 0 Å². The van der Waals surface area contributed by atoms with E-state index in [1.165, 1.54) is 12.4 Å². The van der Waals surface area contributed by atoms with Gasteiger partial charge in [-0.1, -0.05) is 0 Å². The predicted octanol–water partition coefficient (Wildman–Crippen LogP) is -0.496. The molecule has 1 fully saturated rings. The molecule has 14 heteroatoms. The van der Waals surface area contributed by atoms with Gasteiger partial charge in [0.15, 0.2) is 0 Å². The van der Waals surface area contributed by atoms with Crippen LogP contribution in [0.4, 0.5) is 19.0 Å². The number of alkyl halides is 3. The van der Waals surface area contributed by atoms with Gasteiger partial charge in [-0.3, -0.25) is 9.69 Å². The highest BCUT2D eigenvalue weighted by Gasteiger charge is 2.39. The van der Waals surface area contributed by atoms with Gasteiger partial charge in [0, 0.05) is 32.2 Å². The third kappa shape index (κ3) is 5.08. The number of halogens is 3. The number of rotatable bonds is 7. The average Bonchev–Trinajstić information content (AvgIpc) is 3.13. The molecule has 2 aromatic rings. The number of fused-ring (bicyclic) bond motifs is 1. The molecule has 4 heterocycles. The van der Waals surface area contributed by atoms with Crippen LogP contribution in [0.1, 0.15) is 22.1 Å². The average molecular weight is 442 g/mol. The number of amides is 1. The van der Waals surface area contributed by atoms with Gasteiger partial charge in [0.2, 0.25) is 5.82 Å². The van der Waals surface area contributed by atoms with Crippen LogP contribution < -0.4 is 10.6 Å². The van der Waals surface area contributed by atoms with E-state index in [0.29, 0.717) is 25.6 Å². The molecule has 2 aromatic heterocycles. The molecular weight excluding hydrogens is 421 g/mol. The van der Waals surface area contributed by atoms with E-state index in [1.807, 2.05) is 0 Å². The topological polar surface area (TPSA) is 130 Å². The number of β-amino-alcohol motifs (C(OH)–C–C–N with tert-alkyl or cyclic N) is 1. The molecule has 11 nitrogen and oxygen atoms in total. The first-order chi connectivity index (χ1) is 14.8. The SMILES string of the molecule is O=C(NC[C@H](O)CN1CCn2c(nnc2C(F)(F)F)C1)c1cc(NC2COC2)ncn1. The van der Waals surface area contributed by atoms with Crippen LogP contribution in [0.5, 0.6) is 0 Å². The standard InChI is InChI=1S/C17H21F3N8O3/c18-17(19,20)16-26-25-14-6-27(1-2-28(14)16)5-11(29)4-21-15(30)12-3-13(23-9-22-12)24-10-7-31-8-10/h3,9-11,29H,1-2,4-8H2,(H,21,30)(H,22,23,24)/t11-/m0/s1. The second kappa shape index (κ2) is 8.72. The minimum absolute atomic E-state index is 0.0426. The summed E-state index contributed by atoms with van der Waals surface area (Å²) in [4.78, 5) is 22.1. The van der Waals surface area contributed by atoms with Crippen LogP contribution in [0.3, 0.4) is 0 Å². The van der Waals surface area contributed by atoms with Gasteiger partial charge in [-0.05, 0) is 0 Å². The maximum Gasteiger partial charge on any atom is 0.451 e. The molecule has 1 saturated heterocycles. The first kappa shape index (κ1) is 21.4. The van der Waals surface area contributed by atoms with Crippen LogP contribution in [-0.2, 0) is 24.0 Å². The molecule has 2 aliphatic heterocycles. The van der Waals surface area contributed by atoms with Crippen LogP contribution >= 0.6 is 0 Å². The normalized spacial score (nSPS) is 18.2. The van der Waals surface area contributed by atoms with Crippen molar-refractivity contribution in [2.45, 2.75) is 31.4 Å². The summed E-state index contributed by atoms with van der Waals surface area (Å²) in [6, 6.07) is 1.66. The Morgan fingerprint density at radius 1 is 1.29 bits per heavy atom. The molecule has 0 bridgehead atoms. The molecule has 2 aliphatic rings. The van der Waals surface area contributed by atoms with Gasteiger partial charge in [0.05, 0.1) is 31.9 Å². The molecule has 0 aromatic carbocycles. The van der Waals surface area contributed by atoms with E-state index < -0.39 is 24.0 Å². The van der Waals surface area contributed by atoms with Crippen molar-refractivity contribution >= 4 is 11.7 Å². The summed E-state index contributed by atoms with van der Waals surface area (Å²) >= 11 is 0. The predicted molar refractivity (Wildman–Crippen MR) is 98.9 cm³/mol. The summed E-state index contributed by atoms with van der Waals surface area (Å²) in [6.45, 7) is 1.75. The smallest absolute Gasteiger partial charge is 0.390 e. The number of ether oxygens (including phenoxy) is 1. The molecule has 0 saturated carbocycles. The Bertz CT molecular complexity index is 934.